The highest BCUT2D eigenvalue weighted by atomic mass is 35.5. The molecule has 2 aliphatic rings. The van der Waals surface area contributed by atoms with E-state index in [1.54, 1.807) is 6.20 Å². The number of carbonyl (C=O) groups is 1. The van der Waals surface area contributed by atoms with Crippen molar-refractivity contribution in [2.24, 2.45) is 0 Å². The Morgan fingerprint density at radius 3 is 2.70 bits per heavy atom. The summed E-state index contributed by atoms with van der Waals surface area (Å²) < 4.78 is 0. The highest BCUT2D eigenvalue weighted by molar-refractivity contribution is 6.30. The average Bonchev–Trinajstić information content (AvgIpc) is 3.52. The molecule has 0 spiro atoms. The predicted octanol–water partition coefficient (Wildman–Crippen LogP) is 5.29. The van der Waals surface area contributed by atoms with Gasteiger partial charge in [-0.1, -0.05) is 41.9 Å². The Morgan fingerprint density at radius 1 is 1.00 bits per heavy atom. The first-order valence-corrected chi connectivity index (χ1v) is 12.2. The molecule has 0 saturated carbocycles. The minimum atomic E-state index is -0.0378. The van der Waals surface area contributed by atoms with Gasteiger partial charge in [-0.2, -0.15) is 0 Å². The van der Waals surface area contributed by atoms with E-state index in [1.807, 2.05) is 53.6 Å². The van der Waals surface area contributed by atoms with Crippen molar-refractivity contribution in [3.05, 3.63) is 94.0 Å². The summed E-state index contributed by atoms with van der Waals surface area (Å²) in [5.74, 6) is 0.106. The number of likely N-dealkylation sites (tertiary alicyclic amines) is 2. The number of hydrogen-bond donors (Lipinski definition) is 0. The first-order valence-electron chi connectivity index (χ1n) is 11.8. The van der Waals surface area contributed by atoms with E-state index in [9.17, 15) is 4.79 Å². The average molecular weight is 461 g/mol. The summed E-state index contributed by atoms with van der Waals surface area (Å²) >= 11 is 6.14. The van der Waals surface area contributed by atoms with Crippen molar-refractivity contribution >= 4 is 17.5 Å². The van der Waals surface area contributed by atoms with E-state index in [0.717, 1.165) is 72.1 Å². The largest absolute Gasteiger partial charge is 0.330 e. The summed E-state index contributed by atoms with van der Waals surface area (Å²) in [5, 5.41) is 0.719. The zero-order chi connectivity index (χ0) is 22.6. The molecule has 1 aromatic heterocycles. The van der Waals surface area contributed by atoms with Crippen molar-refractivity contribution in [1.29, 1.82) is 0 Å². The Labute approximate surface area is 200 Å². The van der Waals surface area contributed by atoms with Crippen LogP contribution in [0.1, 0.15) is 64.6 Å². The molecule has 0 bridgehead atoms. The monoisotopic (exact) mass is 460 g/mol. The van der Waals surface area contributed by atoms with Crippen molar-refractivity contribution in [3.63, 3.8) is 0 Å². The number of amides is 1. The lowest BCUT2D eigenvalue weighted by Gasteiger charge is -2.26. The van der Waals surface area contributed by atoms with Crippen LogP contribution in [-0.2, 0) is 13.0 Å². The van der Waals surface area contributed by atoms with Gasteiger partial charge in [0.25, 0.3) is 5.91 Å². The second kappa shape index (κ2) is 10.0. The Bertz CT molecular complexity index is 1130. The number of rotatable bonds is 6. The fourth-order valence-electron chi connectivity index (χ4n) is 5.05. The summed E-state index contributed by atoms with van der Waals surface area (Å²) in [6.45, 7) is 3.82. The Hall–Kier alpha value is -2.76. The van der Waals surface area contributed by atoms with Crippen LogP contribution < -0.4 is 0 Å². The molecule has 0 aliphatic carbocycles. The number of benzene rings is 2. The highest BCUT2D eigenvalue weighted by Crippen LogP contribution is 2.33. The van der Waals surface area contributed by atoms with Crippen molar-refractivity contribution in [2.45, 2.75) is 44.7 Å². The molecule has 1 amide bonds. The second-order valence-electron chi connectivity index (χ2n) is 9.04. The summed E-state index contributed by atoms with van der Waals surface area (Å²) in [7, 11) is 0. The van der Waals surface area contributed by atoms with E-state index < -0.39 is 0 Å². The highest BCUT2D eigenvalue weighted by Gasteiger charge is 2.33. The number of nitrogens with zero attached hydrogens (tertiary/aromatic N) is 4. The molecule has 33 heavy (non-hydrogen) atoms. The van der Waals surface area contributed by atoms with Gasteiger partial charge in [0.15, 0.2) is 0 Å². The third kappa shape index (κ3) is 5.10. The first kappa shape index (κ1) is 22.1. The fraction of sp³-hybridized carbons (Fsp3) is 0.370. The van der Waals surface area contributed by atoms with Crippen LogP contribution >= 0.6 is 11.6 Å². The maximum Gasteiger partial charge on any atom is 0.254 e. The first-order chi connectivity index (χ1) is 16.2. The molecule has 2 saturated heterocycles. The van der Waals surface area contributed by atoms with Crippen LogP contribution in [0.15, 0.2) is 60.9 Å². The van der Waals surface area contributed by atoms with E-state index in [1.165, 1.54) is 12.8 Å². The van der Waals surface area contributed by atoms with Gasteiger partial charge in [0.1, 0.15) is 0 Å². The van der Waals surface area contributed by atoms with Gasteiger partial charge in [0.2, 0.25) is 0 Å². The molecule has 3 aromatic rings. The van der Waals surface area contributed by atoms with Gasteiger partial charge in [0, 0.05) is 36.3 Å². The minimum Gasteiger partial charge on any atom is -0.330 e. The summed E-state index contributed by atoms with van der Waals surface area (Å²) in [6, 6.07) is 15.9. The van der Waals surface area contributed by atoms with Crippen LogP contribution in [0.4, 0.5) is 0 Å². The Balaban J connectivity index is 1.36. The SMILES string of the molecule is O=C(c1ccccc1CN1CCCC1)N1CCC[C@H]1c1cncc(Cc2cccc(Cl)c2)n1. The molecule has 3 heterocycles. The van der Waals surface area contributed by atoms with E-state index in [0.29, 0.717) is 6.42 Å². The topological polar surface area (TPSA) is 49.3 Å². The van der Waals surface area contributed by atoms with Gasteiger partial charge in [-0.15, -0.1) is 0 Å². The zero-order valence-corrected chi connectivity index (χ0v) is 19.5. The van der Waals surface area contributed by atoms with Crippen LogP contribution in [0.25, 0.3) is 0 Å². The summed E-state index contributed by atoms with van der Waals surface area (Å²) in [5.41, 5.74) is 4.81. The quantitative estimate of drug-likeness (QED) is 0.501. The summed E-state index contributed by atoms with van der Waals surface area (Å²) in [6.07, 6.45) is 8.66. The van der Waals surface area contributed by atoms with Crippen LogP contribution in [0.5, 0.6) is 0 Å². The normalized spacial score (nSPS) is 18.7. The molecule has 0 radical (unpaired) electrons. The molecule has 6 heteroatoms. The van der Waals surface area contributed by atoms with Gasteiger partial charge in [-0.25, -0.2) is 0 Å². The maximum atomic E-state index is 13.7. The molecule has 2 aromatic carbocycles. The predicted molar refractivity (Wildman–Crippen MR) is 130 cm³/mol. The fourth-order valence-corrected chi connectivity index (χ4v) is 5.26. The lowest BCUT2D eigenvalue weighted by molar-refractivity contribution is 0.0730. The standard InChI is InChI=1S/C27H29ClN4O/c28-22-9-5-7-20(15-22)16-23-17-29-18-25(30-23)26-11-6-14-32(26)27(33)24-10-2-1-8-21(24)19-31-12-3-4-13-31/h1-2,5,7-10,15,17-18,26H,3-4,6,11-14,16,19H2/t26-/m0/s1. The molecule has 0 unspecified atom stereocenters. The molecule has 5 nitrogen and oxygen atoms in total. The van der Waals surface area contributed by atoms with Crippen molar-refractivity contribution in [1.82, 2.24) is 19.8 Å². The lowest BCUT2D eigenvalue weighted by Crippen LogP contribution is -2.32. The Morgan fingerprint density at radius 2 is 1.85 bits per heavy atom. The molecule has 2 aliphatic heterocycles. The molecule has 2 fully saturated rings. The van der Waals surface area contributed by atoms with Crippen LogP contribution in [-0.4, -0.2) is 45.3 Å². The van der Waals surface area contributed by atoms with E-state index >= 15 is 0 Å². The zero-order valence-electron chi connectivity index (χ0n) is 18.8. The van der Waals surface area contributed by atoms with Gasteiger partial charge in [-0.05, 0) is 68.1 Å². The van der Waals surface area contributed by atoms with Gasteiger partial charge < -0.3 is 4.90 Å². The van der Waals surface area contributed by atoms with Gasteiger partial charge >= 0.3 is 0 Å². The van der Waals surface area contributed by atoms with Crippen molar-refractivity contribution < 1.29 is 4.79 Å². The van der Waals surface area contributed by atoms with E-state index in [2.05, 4.69) is 16.0 Å². The third-order valence-corrected chi connectivity index (χ3v) is 6.91. The molecule has 0 N–H and O–H groups in total. The van der Waals surface area contributed by atoms with Gasteiger partial charge in [-0.3, -0.25) is 19.7 Å². The summed E-state index contributed by atoms with van der Waals surface area (Å²) in [4.78, 5) is 27.5. The van der Waals surface area contributed by atoms with Crippen LogP contribution in [0, 0.1) is 0 Å². The van der Waals surface area contributed by atoms with Crippen LogP contribution in [0.3, 0.4) is 0 Å². The molecule has 5 rings (SSSR count). The molecule has 170 valence electrons. The third-order valence-electron chi connectivity index (χ3n) is 6.67. The second-order valence-corrected chi connectivity index (χ2v) is 9.48. The lowest BCUT2D eigenvalue weighted by atomic mass is 10.0. The molecular weight excluding hydrogens is 432 g/mol. The number of aromatic nitrogens is 2. The van der Waals surface area contributed by atoms with Crippen molar-refractivity contribution in [3.8, 4) is 0 Å². The maximum absolute atomic E-state index is 13.7. The number of carbonyl (C=O) groups excluding carboxylic acids is 1. The van der Waals surface area contributed by atoms with Gasteiger partial charge in [0.05, 0.1) is 23.6 Å². The minimum absolute atomic E-state index is 0.0378. The number of halogens is 1. The van der Waals surface area contributed by atoms with E-state index in [-0.39, 0.29) is 11.9 Å². The van der Waals surface area contributed by atoms with E-state index in [4.69, 9.17) is 16.6 Å². The van der Waals surface area contributed by atoms with Crippen molar-refractivity contribution in [2.75, 3.05) is 19.6 Å². The Kier molecular flexibility index (Phi) is 6.70. The number of hydrogen-bond acceptors (Lipinski definition) is 4. The molecule has 1 atom stereocenters. The molecular formula is C27H29ClN4O. The van der Waals surface area contributed by atoms with Crippen LogP contribution in [0.2, 0.25) is 5.02 Å². The smallest absolute Gasteiger partial charge is 0.254 e.